The number of unbranched alkanes of at least 4 members (excludes halogenated alkanes) is 1. The summed E-state index contributed by atoms with van der Waals surface area (Å²) in [7, 11) is -3.14. The SMILES string of the molecule is CCCCS(=O)(=O)NC(C)Cc1ccco1. The second kappa shape index (κ2) is 6.06. The molecule has 0 spiro atoms. The molecule has 1 heterocycles. The van der Waals surface area contributed by atoms with Crippen LogP contribution in [0, 0.1) is 0 Å². The summed E-state index contributed by atoms with van der Waals surface area (Å²) in [5.41, 5.74) is 0. The van der Waals surface area contributed by atoms with Gasteiger partial charge in [-0.3, -0.25) is 0 Å². The van der Waals surface area contributed by atoms with Crippen LogP contribution in [-0.2, 0) is 16.4 Å². The Bertz CT molecular complexity index is 383. The minimum Gasteiger partial charge on any atom is -0.469 e. The molecule has 1 rings (SSSR count). The maximum atomic E-state index is 11.6. The van der Waals surface area contributed by atoms with E-state index in [1.807, 2.05) is 19.9 Å². The van der Waals surface area contributed by atoms with Crippen LogP contribution < -0.4 is 4.72 Å². The molecule has 1 atom stereocenters. The van der Waals surface area contributed by atoms with Crippen molar-refractivity contribution < 1.29 is 12.8 Å². The van der Waals surface area contributed by atoms with Gasteiger partial charge in [0, 0.05) is 12.5 Å². The molecule has 0 amide bonds. The van der Waals surface area contributed by atoms with E-state index in [0.29, 0.717) is 12.8 Å². The summed E-state index contributed by atoms with van der Waals surface area (Å²) >= 11 is 0. The number of sulfonamides is 1. The Morgan fingerprint density at radius 1 is 1.50 bits per heavy atom. The van der Waals surface area contributed by atoms with Gasteiger partial charge in [0.05, 0.1) is 12.0 Å². The van der Waals surface area contributed by atoms with E-state index in [2.05, 4.69) is 4.72 Å². The molecule has 0 saturated carbocycles. The zero-order valence-electron chi connectivity index (χ0n) is 9.77. The van der Waals surface area contributed by atoms with Crippen LogP contribution in [0.15, 0.2) is 22.8 Å². The molecule has 0 radical (unpaired) electrons. The highest BCUT2D eigenvalue weighted by atomic mass is 32.2. The molecule has 0 saturated heterocycles. The van der Waals surface area contributed by atoms with Crippen LogP contribution in [0.3, 0.4) is 0 Å². The van der Waals surface area contributed by atoms with Gasteiger partial charge in [0.1, 0.15) is 5.76 Å². The van der Waals surface area contributed by atoms with Gasteiger partial charge in [-0.05, 0) is 25.5 Å². The van der Waals surface area contributed by atoms with E-state index in [1.165, 1.54) is 0 Å². The zero-order chi connectivity index (χ0) is 12.0. The third-order valence-corrected chi connectivity index (χ3v) is 3.82. The molecule has 0 aliphatic heterocycles. The topological polar surface area (TPSA) is 59.3 Å². The number of hydrogen-bond acceptors (Lipinski definition) is 3. The van der Waals surface area contributed by atoms with Gasteiger partial charge in [-0.1, -0.05) is 13.3 Å². The van der Waals surface area contributed by atoms with Crippen molar-refractivity contribution in [3.05, 3.63) is 24.2 Å². The minimum atomic E-state index is -3.14. The molecular formula is C11H19NO3S. The molecule has 0 aromatic carbocycles. The number of hydrogen-bond donors (Lipinski definition) is 1. The van der Waals surface area contributed by atoms with E-state index in [4.69, 9.17) is 4.42 Å². The lowest BCUT2D eigenvalue weighted by Crippen LogP contribution is -2.35. The third-order valence-electron chi connectivity index (χ3n) is 2.23. The third kappa shape index (κ3) is 4.81. The van der Waals surface area contributed by atoms with Gasteiger partial charge in [0.2, 0.25) is 10.0 Å². The van der Waals surface area contributed by atoms with Crippen molar-refractivity contribution in [1.82, 2.24) is 4.72 Å². The summed E-state index contributed by atoms with van der Waals surface area (Å²) in [6.45, 7) is 3.81. The van der Waals surface area contributed by atoms with E-state index in [0.717, 1.165) is 12.2 Å². The van der Waals surface area contributed by atoms with E-state index in [9.17, 15) is 8.42 Å². The van der Waals surface area contributed by atoms with Crippen LogP contribution >= 0.6 is 0 Å². The van der Waals surface area contributed by atoms with Crippen LogP contribution in [0.1, 0.15) is 32.4 Å². The summed E-state index contributed by atoms with van der Waals surface area (Å²) in [6.07, 6.45) is 3.75. The van der Waals surface area contributed by atoms with Crippen molar-refractivity contribution >= 4 is 10.0 Å². The average molecular weight is 245 g/mol. The standard InChI is InChI=1S/C11H19NO3S/c1-3-4-8-16(13,14)12-10(2)9-11-6-5-7-15-11/h5-7,10,12H,3-4,8-9H2,1-2H3. The fourth-order valence-corrected chi connectivity index (χ4v) is 2.95. The van der Waals surface area contributed by atoms with Gasteiger partial charge < -0.3 is 4.42 Å². The summed E-state index contributed by atoms with van der Waals surface area (Å²) in [4.78, 5) is 0. The molecule has 1 aromatic heterocycles. The van der Waals surface area contributed by atoms with Gasteiger partial charge in [0.25, 0.3) is 0 Å². The molecule has 0 aliphatic carbocycles. The van der Waals surface area contributed by atoms with Gasteiger partial charge in [0.15, 0.2) is 0 Å². The molecule has 0 aliphatic rings. The Hall–Kier alpha value is -0.810. The maximum Gasteiger partial charge on any atom is 0.211 e. The molecule has 1 N–H and O–H groups in total. The highest BCUT2D eigenvalue weighted by molar-refractivity contribution is 7.89. The molecule has 4 nitrogen and oxygen atoms in total. The normalized spacial score (nSPS) is 13.9. The van der Waals surface area contributed by atoms with Crippen LogP contribution in [0.25, 0.3) is 0 Å². The Morgan fingerprint density at radius 2 is 2.25 bits per heavy atom. The number of nitrogens with one attached hydrogen (secondary N) is 1. The maximum absolute atomic E-state index is 11.6. The van der Waals surface area contributed by atoms with Gasteiger partial charge in [-0.25, -0.2) is 13.1 Å². The first-order valence-corrected chi connectivity index (χ1v) is 7.21. The van der Waals surface area contributed by atoms with E-state index >= 15 is 0 Å². The fourth-order valence-electron chi connectivity index (χ4n) is 1.47. The molecule has 1 unspecified atom stereocenters. The average Bonchev–Trinajstić information content (AvgIpc) is 2.66. The summed E-state index contributed by atoms with van der Waals surface area (Å²) in [5, 5.41) is 0. The smallest absolute Gasteiger partial charge is 0.211 e. The van der Waals surface area contributed by atoms with Gasteiger partial charge in [-0.15, -0.1) is 0 Å². The molecule has 5 heteroatoms. The van der Waals surface area contributed by atoms with Crippen LogP contribution in [0.5, 0.6) is 0 Å². The van der Waals surface area contributed by atoms with E-state index < -0.39 is 10.0 Å². The lowest BCUT2D eigenvalue weighted by atomic mass is 10.2. The lowest BCUT2D eigenvalue weighted by molar-refractivity contribution is 0.478. The highest BCUT2D eigenvalue weighted by Crippen LogP contribution is 2.05. The largest absolute Gasteiger partial charge is 0.469 e. The highest BCUT2D eigenvalue weighted by Gasteiger charge is 2.14. The predicted molar refractivity (Wildman–Crippen MR) is 63.7 cm³/mol. The predicted octanol–water partition coefficient (Wildman–Crippen LogP) is 1.93. The van der Waals surface area contributed by atoms with Crippen molar-refractivity contribution in [3.63, 3.8) is 0 Å². The summed E-state index contributed by atoms with van der Waals surface area (Å²) < 4.78 is 31.0. The van der Waals surface area contributed by atoms with Crippen molar-refractivity contribution in [3.8, 4) is 0 Å². The van der Waals surface area contributed by atoms with Crippen molar-refractivity contribution in [2.24, 2.45) is 0 Å². The van der Waals surface area contributed by atoms with Crippen molar-refractivity contribution in [2.75, 3.05) is 5.75 Å². The van der Waals surface area contributed by atoms with Crippen LogP contribution in [0.4, 0.5) is 0 Å². The lowest BCUT2D eigenvalue weighted by Gasteiger charge is -2.12. The first-order chi connectivity index (χ1) is 7.53. The van der Waals surface area contributed by atoms with Gasteiger partial charge >= 0.3 is 0 Å². The monoisotopic (exact) mass is 245 g/mol. The van der Waals surface area contributed by atoms with Crippen molar-refractivity contribution in [2.45, 2.75) is 39.2 Å². The van der Waals surface area contributed by atoms with E-state index in [-0.39, 0.29) is 11.8 Å². The molecular weight excluding hydrogens is 226 g/mol. The molecule has 0 fully saturated rings. The Balaban J connectivity index is 2.41. The molecule has 92 valence electrons. The van der Waals surface area contributed by atoms with Crippen LogP contribution in [0.2, 0.25) is 0 Å². The minimum absolute atomic E-state index is 0.131. The molecule has 1 aromatic rings. The van der Waals surface area contributed by atoms with Crippen LogP contribution in [-0.4, -0.2) is 20.2 Å². The van der Waals surface area contributed by atoms with Gasteiger partial charge in [-0.2, -0.15) is 0 Å². The molecule has 0 bridgehead atoms. The Kier molecular flexibility index (Phi) is 5.02. The first-order valence-electron chi connectivity index (χ1n) is 5.56. The summed E-state index contributed by atoms with van der Waals surface area (Å²) in [5.74, 6) is 0.997. The van der Waals surface area contributed by atoms with Crippen molar-refractivity contribution in [1.29, 1.82) is 0 Å². The Labute approximate surface area is 97.1 Å². The molecule has 16 heavy (non-hydrogen) atoms. The zero-order valence-corrected chi connectivity index (χ0v) is 10.6. The fraction of sp³-hybridized carbons (Fsp3) is 0.636. The quantitative estimate of drug-likeness (QED) is 0.798. The second-order valence-corrected chi connectivity index (χ2v) is 5.85. The summed E-state index contributed by atoms with van der Waals surface area (Å²) in [6, 6.07) is 3.51. The second-order valence-electron chi connectivity index (χ2n) is 3.97. The number of rotatable bonds is 7. The Morgan fingerprint density at radius 3 is 2.81 bits per heavy atom. The number of furan rings is 1. The first kappa shape index (κ1) is 13.3. The van der Waals surface area contributed by atoms with E-state index in [1.54, 1.807) is 12.3 Å².